The maximum absolute atomic E-state index is 2.77. The van der Waals surface area contributed by atoms with Crippen molar-refractivity contribution in [3.05, 3.63) is 129 Å². The third-order valence-electron chi connectivity index (χ3n) is 10.8. The van der Waals surface area contributed by atoms with Crippen molar-refractivity contribution < 1.29 is 45.1 Å². The Morgan fingerprint density at radius 2 is 0.933 bits per heavy atom. The van der Waals surface area contributed by atoms with E-state index >= 15 is 0 Å². The van der Waals surface area contributed by atoms with Crippen molar-refractivity contribution in [2.45, 2.75) is 69.9 Å². The molecule has 232 valence electrons. The van der Waals surface area contributed by atoms with Crippen molar-refractivity contribution >= 4 is 12.2 Å². The number of halogens is 2. The SMILES string of the molecule is CCc1ccc(-c2cccc3c2C=C(C(C)C)[CH]3[Zr+2]2([CH]3C(C(C)C)=Cc4c(-c5ccc(CC)cc5)cccc43)[CH2][CH2]2)cc1.[Cl-].[Cl-]. The van der Waals surface area contributed by atoms with E-state index in [1.807, 2.05) is 0 Å². The van der Waals surface area contributed by atoms with Gasteiger partial charge in [-0.1, -0.05) is 0 Å². The van der Waals surface area contributed by atoms with Crippen LogP contribution in [0.5, 0.6) is 0 Å². The van der Waals surface area contributed by atoms with Gasteiger partial charge in [-0.25, -0.2) is 0 Å². The van der Waals surface area contributed by atoms with E-state index in [1.54, 1.807) is 22.3 Å². The molecule has 2 aliphatic carbocycles. The number of benzene rings is 4. The first-order chi connectivity index (χ1) is 20.9. The van der Waals surface area contributed by atoms with E-state index in [-0.39, 0.29) is 24.8 Å². The van der Waals surface area contributed by atoms with Gasteiger partial charge in [-0.05, 0) is 0 Å². The topological polar surface area (TPSA) is 0 Å². The summed E-state index contributed by atoms with van der Waals surface area (Å²) in [7, 11) is 0. The Hall–Kier alpha value is -2.18. The van der Waals surface area contributed by atoms with Crippen LogP contribution < -0.4 is 24.8 Å². The second-order valence-electron chi connectivity index (χ2n) is 13.9. The van der Waals surface area contributed by atoms with E-state index in [9.17, 15) is 0 Å². The van der Waals surface area contributed by atoms with Gasteiger partial charge in [0.15, 0.2) is 0 Å². The molecule has 0 radical (unpaired) electrons. The van der Waals surface area contributed by atoms with Gasteiger partial charge in [-0.15, -0.1) is 0 Å². The standard InChI is InChI=1S/2C20H21.C2H4.2ClH.Zr/c2*1-4-15-8-10-16(11-9-15)19-7-5-6-17-12-18(14(2)3)13-20(17)19;1-2;;;/h2*5-14H,4H2,1-3H3;1-2H2;2*1H;/q;;;;;+2/p-2. The van der Waals surface area contributed by atoms with Gasteiger partial charge < -0.3 is 24.8 Å². The molecule has 0 aromatic heterocycles. The molecule has 45 heavy (non-hydrogen) atoms. The van der Waals surface area contributed by atoms with Crippen LogP contribution in [0.2, 0.25) is 8.26 Å². The molecule has 1 saturated heterocycles. The molecule has 1 heterocycles. The van der Waals surface area contributed by atoms with E-state index in [0.29, 0.717) is 19.1 Å². The molecule has 4 aromatic carbocycles. The van der Waals surface area contributed by atoms with Gasteiger partial charge >= 0.3 is 266 Å². The molecule has 0 amide bonds. The monoisotopic (exact) mass is 710 g/mol. The van der Waals surface area contributed by atoms with Crippen molar-refractivity contribution in [3.63, 3.8) is 0 Å². The Morgan fingerprint density at radius 1 is 0.556 bits per heavy atom. The predicted octanol–water partition coefficient (Wildman–Crippen LogP) is 6.05. The zero-order valence-corrected chi connectivity index (χ0v) is 31.6. The third-order valence-corrected chi connectivity index (χ3v) is 23.7. The van der Waals surface area contributed by atoms with Gasteiger partial charge in [0.25, 0.3) is 0 Å². The van der Waals surface area contributed by atoms with E-state index in [1.165, 1.54) is 52.8 Å². The second-order valence-corrected chi connectivity index (χ2v) is 25.3. The van der Waals surface area contributed by atoms with Gasteiger partial charge in [0.05, 0.1) is 0 Å². The molecule has 2 unspecified atom stereocenters. The third kappa shape index (κ3) is 5.81. The Kier molecular flexibility index (Phi) is 10.3. The molecular formula is C42H46Cl2Zr. The van der Waals surface area contributed by atoms with E-state index < -0.39 is 20.3 Å². The Bertz CT molecular complexity index is 1610. The molecule has 4 aromatic rings. The van der Waals surface area contributed by atoms with Crippen molar-refractivity contribution in [1.29, 1.82) is 0 Å². The minimum atomic E-state index is -2.77. The summed E-state index contributed by atoms with van der Waals surface area (Å²) in [4.78, 5) is 0. The summed E-state index contributed by atoms with van der Waals surface area (Å²) in [6.07, 6.45) is 7.46. The number of rotatable bonds is 8. The first kappa shape index (κ1) is 34.2. The largest absolute Gasteiger partial charge is 1.00 e. The quantitative estimate of drug-likeness (QED) is 0.209. The second kappa shape index (κ2) is 13.5. The van der Waals surface area contributed by atoms with Crippen LogP contribution in [-0.4, -0.2) is 0 Å². The van der Waals surface area contributed by atoms with Crippen LogP contribution >= 0.6 is 0 Å². The average molecular weight is 713 g/mol. The Labute approximate surface area is 288 Å². The summed E-state index contributed by atoms with van der Waals surface area (Å²) < 4.78 is 4.35. The van der Waals surface area contributed by atoms with Crippen LogP contribution in [0, 0.1) is 11.8 Å². The molecule has 2 atom stereocenters. The maximum atomic E-state index is 2.64. The van der Waals surface area contributed by atoms with Crippen molar-refractivity contribution in [2.75, 3.05) is 0 Å². The molecule has 0 saturated carbocycles. The van der Waals surface area contributed by atoms with Gasteiger partial charge in [0, 0.05) is 0 Å². The molecule has 0 spiro atoms. The zero-order valence-electron chi connectivity index (χ0n) is 27.6. The predicted molar refractivity (Wildman–Crippen MR) is 183 cm³/mol. The minimum Gasteiger partial charge on any atom is -1.00 e. The molecule has 7 rings (SSSR count). The Morgan fingerprint density at radius 3 is 1.24 bits per heavy atom. The van der Waals surface area contributed by atoms with Crippen molar-refractivity contribution in [2.24, 2.45) is 11.8 Å². The summed E-state index contributed by atoms with van der Waals surface area (Å²) >= 11 is -2.77. The molecule has 0 bridgehead atoms. The summed E-state index contributed by atoms with van der Waals surface area (Å²) in [5.74, 6) is 1.13. The number of fused-ring (bicyclic) bond motifs is 2. The van der Waals surface area contributed by atoms with Crippen LogP contribution in [0.15, 0.2) is 96.1 Å². The fourth-order valence-corrected chi connectivity index (χ4v) is 26.5. The molecule has 3 heteroatoms. The number of aryl methyl sites for hydroxylation is 2. The van der Waals surface area contributed by atoms with Gasteiger partial charge in [0.2, 0.25) is 0 Å². The van der Waals surface area contributed by atoms with Crippen LogP contribution in [0.4, 0.5) is 0 Å². The maximum Gasteiger partial charge on any atom is -1.00 e. The average Bonchev–Trinajstić information content (AvgIpc) is 3.54. The molecule has 1 fully saturated rings. The van der Waals surface area contributed by atoms with E-state index in [0.717, 1.165) is 12.8 Å². The van der Waals surface area contributed by atoms with Gasteiger partial charge in [0.1, 0.15) is 0 Å². The first-order valence-corrected chi connectivity index (χ1v) is 23.0. The number of hydrogen-bond donors (Lipinski definition) is 0. The fourth-order valence-electron chi connectivity index (χ4n) is 8.37. The van der Waals surface area contributed by atoms with Crippen LogP contribution in [0.25, 0.3) is 34.4 Å². The Balaban J connectivity index is 0.00000200. The van der Waals surface area contributed by atoms with E-state index in [2.05, 4.69) is 139 Å². The summed E-state index contributed by atoms with van der Waals surface area (Å²) in [5.41, 5.74) is 18.2. The number of allylic oxidation sites excluding steroid dienone is 2. The normalized spacial score (nSPS) is 18.2. The molecular weight excluding hydrogens is 667 g/mol. The fraction of sp³-hybridized carbons (Fsp3) is 0.333. The van der Waals surface area contributed by atoms with Gasteiger partial charge in [-0.3, -0.25) is 0 Å². The first-order valence-electron chi connectivity index (χ1n) is 16.7. The minimum absolute atomic E-state index is 0. The van der Waals surface area contributed by atoms with Crippen molar-refractivity contribution in [1.82, 2.24) is 0 Å². The van der Waals surface area contributed by atoms with Gasteiger partial charge in [-0.2, -0.15) is 0 Å². The molecule has 1 aliphatic heterocycles. The summed E-state index contributed by atoms with van der Waals surface area (Å²) in [6.45, 7) is 14.3. The molecule has 0 nitrogen and oxygen atoms in total. The molecule has 0 N–H and O–H groups in total. The zero-order chi connectivity index (χ0) is 29.9. The smallest absolute Gasteiger partial charge is 1.00 e. The number of hydrogen-bond acceptors (Lipinski definition) is 0. The van der Waals surface area contributed by atoms with Crippen molar-refractivity contribution in [3.8, 4) is 22.3 Å². The van der Waals surface area contributed by atoms with Crippen LogP contribution in [0.3, 0.4) is 0 Å². The van der Waals surface area contributed by atoms with Crippen LogP contribution in [-0.2, 0) is 33.1 Å². The van der Waals surface area contributed by atoms with E-state index in [4.69, 9.17) is 0 Å². The summed E-state index contributed by atoms with van der Waals surface area (Å²) in [5, 5.41) is 0. The summed E-state index contributed by atoms with van der Waals surface area (Å²) in [6, 6.07) is 33.1. The molecule has 3 aliphatic rings. The van der Waals surface area contributed by atoms with Crippen LogP contribution in [0.1, 0.15) is 82.2 Å².